The van der Waals surface area contributed by atoms with Crippen LogP contribution in [0.2, 0.25) is 0 Å². The van der Waals surface area contributed by atoms with Gasteiger partial charge in [0.15, 0.2) is 5.82 Å². The highest BCUT2D eigenvalue weighted by atomic mass is 79.9. The number of piperidine rings is 1. The number of rotatable bonds is 6. The van der Waals surface area contributed by atoms with Gasteiger partial charge in [-0.3, -0.25) is 0 Å². The Hall–Kier alpha value is -0.540. The van der Waals surface area contributed by atoms with Gasteiger partial charge in [0.05, 0.1) is 10.6 Å². The summed E-state index contributed by atoms with van der Waals surface area (Å²) in [6.45, 7) is 1.84. The van der Waals surface area contributed by atoms with E-state index in [2.05, 4.69) is 15.9 Å². The van der Waals surface area contributed by atoms with E-state index in [0.717, 1.165) is 6.42 Å². The average Bonchev–Trinajstić information content (AvgIpc) is 2.50. The molecule has 1 aromatic carbocycles. The minimum Gasteiger partial charge on any atom is -0.378 e. The minimum atomic E-state index is -3.81. The molecule has 0 atom stereocenters. The molecule has 0 amide bonds. The van der Waals surface area contributed by atoms with Gasteiger partial charge in [-0.25, -0.2) is 12.8 Å². The average molecular weight is 395 g/mol. The van der Waals surface area contributed by atoms with Crippen molar-refractivity contribution in [3.05, 3.63) is 28.5 Å². The van der Waals surface area contributed by atoms with E-state index in [-0.39, 0.29) is 15.5 Å². The second-order valence-electron chi connectivity index (χ2n) is 5.17. The van der Waals surface area contributed by atoms with Crippen molar-refractivity contribution in [1.29, 1.82) is 0 Å². The van der Waals surface area contributed by atoms with Crippen LogP contribution < -0.4 is 5.73 Å². The van der Waals surface area contributed by atoms with Crippen molar-refractivity contribution in [3.8, 4) is 0 Å². The van der Waals surface area contributed by atoms with Crippen molar-refractivity contribution in [3.63, 3.8) is 0 Å². The molecule has 1 aromatic rings. The molecule has 22 heavy (non-hydrogen) atoms. The Labute approximate surface area is 138 Å². The summed E-state index contributed by atoms with van der Waals surface area (Å²) in [6, 6.07) is 4.29. The summed E-state index contributed by atoms with van der Waals surface area (Å²) in [5, 5.41) is 0. The number of hydrogen-bond donors (Lipinski definition) is 1. The number of halogens is 2. The third-order valence-corrected chi connectivity index (χ3v) is 6.17. The Morgan fingerprint density at radius 2 is 2.05 bits per heavy atom. The topological polar surface area (TPSA) is 72.6 Å². The van der Waals surface area contributed by atoms with Crippen LogP contribution in [-0.2, 0) is 14.8 Å². The Bertz CT molecular complexity index is 604. The summed E-state index contributed by atoms with van der Waals surface area (Å²) >= 11 is 3.02. The summed E-state index contributed by atoms with van der Waals surface area (Å²) in [5.41, 5.74) is 5.41. The minimum absolute atomic E-state index is 0.0466. The van der Waals surface area contributed by atoms with Crippen LogP contribution in [0.25, 0.3) is 0 Å². The molecule has 0 radical (unpaired) electrons. The van der Waals surface area contributed by atoms with Crippen molar-refractivity contribution in [2.75, 3.05) is 26.2 Å². The van der Waals surface area contributed by atoms with Crippen molar-refractivity contribution >= 4 is 26.0 Å². The molecule has 0 aromatic heterocycles. The summed E-state index contributed by atoms with van der Waals surface area (Å²) in [5.74, 6) is -0.746. The molecule has 1 heterocycles. The summed E-state index contributed by atoms with van der Waals surface area (Å²) in [4.78, 5) is -0.288. The highest BCUT2D eigenvalue weighted by Gasteiger charge is 2.32. The van der Waals surface area contributed by atoms with Crippen LogP contribution in [0.15, 0.2) is 27.6 Å². The zero-order valence-corrected chi connectivity index (χ0v) is 14.6. The molecule has 1 aliphatic rings. The number of ether oxygens (including phenoxy) is 1. The van der Waals surface area contributed by atoms with Gasteiger partial charge in [-0.2, -0.15) is 4.31 Å². The predicted octanol–water partition coefficient (Wildman–Crippen LogP) is 2.11. The normalized spacial score (nSPS) is 17.8. The molecule has 0 saturated carbocycles. The van der Waals surface area contributed by atoms with Gasteiger partial charge in [0.1, 0.15) is 4.90 Å². The SMILES string of the molecule is NCCCOC1CCN(S(=O)(=O)c2cccc(Br)c2F)CC1. The van der Waals surface area contributed by atoms with Gasteiger partial charge in [0.25, 0.3) is 0 Å². The fourth-order valence-corrected chi connectivity index (χ4v) is 4.45. The highest BCUT2D eigenvalue weighted by molar-refractivity contribution is 9.10. The molecule has 0 aliphatic carbocycles. The maximum absolute atomic E-state index is 14.0. The molecule has 0 unspecified atom stereocenters. The molecule has 124 valence electrons. The molecule has 0 spiro atoms. The largest absolute Gasteiger partial charge is 0.378 e. The van der Waals surface area contributed by atoms with Crippen molar-refractivity contribution in [2.45, 2.75) is 30.3 Å². The van der Waals surface area contributed by atoms with Gasteiger partial charge in [-0.05, 0) is 53.9 Å². The summed E-state index contributed by atoms with van der Waals surface area (Å²) in [6.07, 6.45) is 2.06. The Morgan fingerprint density at radius 1 is 1.36 bits per heavy atom. The molecule has 1 saturated heterocycles. The van der Waals surface area contributed by atoms with E-state index >= 15 is 0 Å². The van der Waals surface area contributed by atoms with E-state index in [4.69, 9.17) is 10.5 Å². The van der Waals surface area contributed by atoms with E-state index < -0.39 is 15.8 Å². The van der Waals surface area contributed by atoms with Crippen LogP contribution in [0.4, 0.5) is 4.39 Å². The maximum atomic E-state index is 14.0. The molecular formula is C14H20BrFN2O3S. The third-order valence-electron chi connectivity index (χ3n) is 3.64. The zero-order chi connectivity index (χ0) is 16.2. The van der Waals surface area contributed by atoms with Crippen LogP contribution in [0.3, 0.4) is 0 Å². The molecule has 2 rings (SSSR count). The molecular weight excluding hydrogens is 375 g/mol. The first-order chi connectivity index (χ1) is 10.5. The van der Waals surface area contributed by atoms with E-state index in [0.29, 0.717) is 39.1 Å². The fraction of sp³-hybridized carbons (Fsp3) is 0.571. The van der Waals surface area contributed by atoms with Gasteiger partial charge >= 0.3 is 0 Å². The third kappa shape index (κ3) is 4.05. The molecule has 1 fully saturated rings. The molecule has 1 aliphatic heterocycles. The lowest BCUT2D eigenvalue weighted by Crippen LogP contribution is -2.41. The van der Waals surface area contributed by atoms with E-state index in [1.807, 2.05) is 0 Å². The standard InChI is InChI=1S/C14H20BrFN2O3S/c15-12-3-1-4-13(14(12)16)22(19,20)18-8-5-11(6-9-18)21-10-2-7-17/h1,3-4,11H,2,5-10,17H2. The second-order valence-corrected chi connectivity index (χ2v) is 7.93. The van der Waals surface area contributed by atoms with E-state index in [1.165, 1.54) is 22.5 Å². The summed E-state index contributed by atoms with van der Waals surface area (Å²) < 4.78 is 46.2. The van der Waals surface area contributed by atoms with Gasteiger partial charge in [-0.15, -0.1) is 0 Å². The lowest BCUT2D eigenvalue weighted by Gasteiger charge is -2.31. The fourth-order valence-electron chi connectivity index (χ4n) is 2.39. The Balaban J connectivity index is 2.02. The van der Waals surface area contributed by atoms with Crippen LogP contribution in [0.1, 0.15) is 19.3 Å². The van der Waals surface area contributed by atoms with Crippen molar-refractivity contribution in [2.24, 2.45) is 5.73 Å². The Morgan fingerprint density at radius 3 is 2.68 bits per heavy atom. The lowest BCUT2D eigenvalue weighted by molar-refractivity contribution is 0.0208. The first-order valence-corrected chi connectivity index (χ1v) is 9.46. The zero-order valence-electron chi connectivity index (χ0n) is 12.2. The molecule has 2 N–H and O–H groups in total. The van der Waals surface area contributed by atoms with Crippen molar-refractivity contribution in [1.82, 2.24) is 4.31 Å². The number of sulfonamides is 1. The van der Waals surface area contributed by atoms with E-state index in [1.54, 1.807) is 0 Å². The number of nitrogens with two attached hydrogens (primary N) is 1. The van der Waals surface area contributed by atoms with Gasteiger partial charge < -0.3 is 10.5 Å². The van der Waals surface area contributed by atoms with Crippen LogP contribution >= 0.6 is 15.9 Å². The first kappa shape index (κ1) is 17.8. The van der Waals surface area contributed by atoms with Crippen LogP contribution in [-0.4, -0.2) is 45.1 Å². The van der Waals surface area contributed by atoms with Crippen LogP contribution in [0, 0.1) is 5.82 Å². The molecule has 5 nitrogen and oxygen atoms in total. The second kappa shape index (κ2) is 7.83. The van der Waals surface area contributed by atoms with E-state index in [9.17, 15) is 12.8 Å². The van der Waals surface area contributed by atoms with Gasteiger partial charge in [0, 0.05) is 19.7 Å². The van der Waals surface area contributed by atoms with Gasteiger partial charge in [0.2, 0.25) is 10.0 Å². The first-order valence-electron chi connectivity index (χ1n) is 7.22. The number of hydrogen-bond acceptors (Lipinski definition) is 4. The maximum Gasteiger partial charge on any atom is 0.246 e. The number of benzene rings is 1. The molecule has 0 bridgehead atoms. The van der Waals surface area contributed by atoms with Gasteiger partial charge in [-0.1, -0.05) is 6.07 Å². The Kier molecular flexibility index (Phi) is 6.34. The summed E-state index contributed by atoms with van der Waals surface area (Å²) in [7, 11) is -3.81. The lowest BCUT2D eigenvalue weighted by atomic mass is 10.1. The monoisotopic (exact) mass is 394 g/mol. The molecule has 8 heteroatoms. The van der Waals surface area contributed by atoms with Crippen molar-refractivity contribution < 1.29 is 17.5 Å². The smallest absolute Gasteiger partial charge is 0.246 e. The highest BCUT2D eigenvalue weighted by Crippen LogP contribution is 2.27. The quantitative estimate of drug-likeness (QED) is 0.749. The predicted molar refractivity (Wildman–Crippen MR) is 85.5 cm³/mol. The van der Waals surface area contributed by atoms with Crippen LogP contribution in [0.5, 0.6) is 0 Å². The number of nitrogens with zero attached hydrogens (tertiary/aromatic N) is 1.